The molecule has 0 saturated heterocycles. The molecule has 8 heteroatoms. The first kappa shape index (κ1) is 16.3. The molecule has 0 radical (unpaired) electrons. The first-order chi connectivity index (χ1) is 11.7. The molecular formula is C16H21N5O3. The quantitative estimate of drug-likeness (QED) is 0.786. The van der Waals surface area contributed by atoms with E-state index >= 15 is 0 Å². The first-order valence-electron chi connectivity index (χ1n) is 7.94. The van der Waals surface area contributed by atoms with Crippen molar-refractivity contribution in [3.05, 3.63) is 41.5 Å². The minimum absolute atomic E-state index is 0.0448. The number of hydrogen-bond donors (Lipinski definition) is 2. The topological polar surface area (TPSA) is 92.2 Å². The van der Waals surface area contributed by atoms with E-state index in [-0.39, 0.29) is 11.8 Å². The fourth-order valence-electron chi connectivity index (χ4n) is 2.81. The third-order valence-corrected chi connectivity index (χ3v) is 4.06. The van der Waals surface area contributed by atoms with Crippen molar-refractivity contribution in [2.24, 2.45) is 0 Å². The molecule has 0 aromatic carbocycles. The van der Waals surface area contributed by atoms with Crippen LogP contribution >= 0.6 is 0 Å². The molecule has 2 N–H and O–H groups in total. The van der Waals surface area contributed by atoms with Crippen LogP contribution in [0.1, 0.15) is 32.8 Å². The Kier molecular flexibility index (Phi) is 4.95. The Hall–Kier alpha value is -2.61. The molecule has 3 heterocycles. The number of carbonyl (C=O) groups excluding carboxylic acids is 2. The van der Waals surface area contributed by atoms with Crippen molar-refractivity contribution in [3.63, 3.8) is 0 Å². The third-order valence-electron chi connectivity index (χ3n) is 4.06. The Balaban J connectivity index is 1.78. The standard InChI is InChI=1S/C16H21N5O3/c1-24-8-5-18-15(22)13-10-19-21-7-2-6-20(11-14(13)21)16(23)12-3-4-17-9-12/h3-4,9-10,17H,2,5-8,11H2,1H3,(H,18,22). The van der Waals surface area contributed by atoms with E-state index in [1.165, 1.54) is 0 Å². The summed E-state index contributed by atoms with van der Waals surface area (Å²) in [6, 6.07) is 1.75. The number of nitrogens with zero attached hydrogens (tertiary/aromatic N) is 3. The molecule has 24 heavy (non-hydrogen) atoms. The molecule has 0 aliphatic carbocycles. The monoisotopic (exact) mass is 331 g/mol. The number of H-pyrrole nitrogens is 1. The lowest BCUT2D eigenvalue weighted by molar-refractivity contribution is 0.0743. The van der Waals surface area contributed by atoms with Crippen LogP contribution in [0.5, 0.6) is 0 Å². The maximum absolute atomic E-state index is 12.6. The minimum Gasteiger partial charge on any atom is -0.383 e. The van der Waals surface area contributed by atoms with Gasteiger partial charge in [0.25, 0.3) is 11.8 Å². The van der Waals surface area contributed by atoms with Gasteiger partial charge < -0.3 is 19.9 Å². The fraction of sp³-hybridized carbons (Fsp3) is 0.438. The van der Waals surface area contributed by atoms with E-state index in [4.69, 9.17) is 4.74 Å². The van der Waals surface area contributed by atoms with E-state index in [1.807, 2.05) is 4.68 Å². The fourth-order valence-corrected chi connectivity index (χ4v) is 2.81. The Bertz CT molecular complexity index is 707. The average molecular weight is 331 g/mol. The minimum atomic E-state index is -0.191. The number of methoxy groups -OCH3 is 1. The van der Waals surface area contributed by atoms with Gasteiger partial charge in [-0.25, -0.2) is 0 Å². The van der Waals surface area contributed by atoms with Gasteiger partial charge in [-0.2, -0.15) is 5.10 Å². The normalized spacial score (nSPS) is 14.1. The molecule has 3 rings (SSSR count). The number of hydrogen-bond acceptors (Lipinski definition) is 4. The molecule has 8 nitrogen and oxygen atoms in total. The summed E-state index contributed by atoms with van der Waals surface area (Å²) in [6.45, 7) is 2.59. The number of aryl methyl sites for hydroxylation is 1. The third kappa shape index (κ3) is 3.33. The molecule has 128 valence electrons. The second kappa shape index (κ2) is 7.31. The molecule has 2 aromatic rings. The number of nitrogens with one attached hydrogen (secondary N) is 2. The van der Waals surface area contributed by atoms with Crippen LogP contribution in [-0.2, 0) is 17.8 Å². The van der Waals surface area contributed by atoms with Crippen molar-refractivity contribution < 1.29 is 14.3 Å². The van der Waals surface area contributed by atoms with E-state index < -0.39 is 0 Å². The Morgan fingerprint density at radius 2 is 2.29 bits per heavy atom. The Labute approximate surface area is 139 Å². The van der Waals surface area contributed by atoms with Crippen LogP contribution in [0.4, 0.5) is 0 Å². The summed E-state index contributed by atoms with van der Waals surface area (Å²) in [7, 11) is 1.59. The molecule has 1 aliphatic heterocycles. The van der Waals surface area contributed by atoms with Gasteiger partial charge in [-0.15, -0.1) is 0 Å². The second-order valence-electron chi connectivity index (χ2n) is 5.66. The predicted molar refractivity (Wildman–Crippen MR) is 86.6 cm³/mol. The van der Waals surface area contributed by atoms with Crippen LogP contribution in [0, 0.1) is 0 Å². The van der Waals surface area contributed by atoms with E-state index in [2.05, 4.69) is 15.4 Å². The van der Waals surface area contributed by atoms with Crippen LogP contribution in [-0.4, -0.2) is 58.3 Å². The molecule has 0 saturated carbocycles. The van der Waals surface area contributed by atoms with Gasteiger partial charge in [0.1, 0.15) is 0 Å². The van der Waals surface area contributed by atoms with Crippen LogP contribution in [0.2, 0.25) is 0 Å². The van der Waals surface area contributed by atoms with Gasteiger partial charge >= 0.3 is 0 Å². The molecule has 2 aromatic heterocycles. The van der Waals surface area contributed by atoms with Gasteiger partial charge in [-0.3, -0.25) is 14.3 Å². The van der Waals surface area contributed by atoms with Crippen molar-refractivity contribution >= 4 is 11.8 Å². The SMILES string of the molecule is COCCNC(=O)c1cnn2c1CN(C(=O)c1cc[nH]c1)CCC2. The van der Waals surface area contributed by atoms with Gasteiger partial charge in [-0.1, -0.05) is 0 Å². The number of ether oxygens (including phenoxy) is 1. The summed E-state index contributed by atoms with van der Waals surface area (Å²) >= 11 is 0. The number of fused-ring (bicyclic) bond motifs is 1. The number of carbonyl (C=O) groups is 2. The molecule has 0 spiro atoms. The lowest BCUT2D eigenvalue weighted by Crippen LogP contribution is -2.32. The van der Waals surface area contributed by atoms with Crippen LogP contribution < -0.4 is 5.32 Å². The lowest BCUT2D eigenvalue weighted by Gasteiger charge is -2.20. The lowest BCUT2D eigenvalue weighted by atomic mass is 10.2. The highest BCUT2D eigenvalue weighted by atomic mass is 16.5. The Morgan fingerprint density at radius 3 is 3.04 bits per heavy atom. The summed E-state index contributed by atoms with van der Waals surface area (Å²) in [4.78, 5) is 29.6. The van der Waals surface area contributed by atoms with Crippen molar-refractivity contribution in [1.82, 2.24) is 25.0 Å². The molecule has 2 amide bonds. The smallest absolute Gasteiger partial charge is 0.255 e. The van der Waals surface area contributed by atoms with Crippen molar-refractivity contribution in [3.8, 4) is 0 Å². The molecular weight excluding hydrogens is 310 g/mol. The first-order valence-corrected chi connectivity index (χ1v) is 7.94. The number of amides is 2. The highest BCUT2D eigenvalue weighted by Crippen LogP contribution is 2.18. The molecule has 1 aliphatic rings. The average Bonchev–Trinajstić information content (AvgIpc) is 3.20. The number of rotatable bonds is 5. The van der Waals surface area contributed by atoms with Crippen molar-refractivity contribution in [1.29, 1.82) is 0 Å². The zero-order valence-electron chi connectivity index (χ0n) is 13.6. The van der Waals surface area contributed by atoms with Gasteiger partial charge in [0.05, 0.1) is 36.2 Å². The highest BCUT2D eigenvalue weighted by molar-refractivity contribution is 5.96. The Morgan fingerprint density at radius 1 is 1.42 bits per heavy atom. The van der Waals surface area contributed by atoms with E-state index in [9.17, 15) is 9.59 Å². The van der Waals surface area contributed by atoms with Gasteiger partial charge in [-0.05, 0) is 12.5 Å². The van der Waals surface area contributed by atoms with E-state index in [0.717, 1.165) is 12.1 Å². The summed E-state index contributed by atoms with van der Waals surface area (Å²) in [5, 5.41) is 7.11. The van der Waals surface area contributed by atoms with Gasteiger partial charge in [0, 0.05) is 39.1 Å². The summed E-state index contributed by atoms with van der Waals surface area (Å²) < 4.78 is 6.76. The number of aromatic amines is 1. The van der Waals surface area contributed by atoms with Crippen LogP contribution in [0.15, 0.2) is 24.7 Å². The largest absolute Gasteiger partial charge is 0.383 e. The molecule has 0 unspecified atom stereocenters. The number of aromatic nitrogens is 3. The predicted octanol–water partition coefficient (Wildman–Crippen LogP) is 0.633. The zero-order chi connectivity index (χ0) is 16.9. The summed E-state index contributed by atoms with van der Waals surface area (Å²) in [5.41, 5.74) is 1.90. The van der Waals surface area contributed by atoms with Gasteiger partial charge in [0.2, 0.25) is 0 Å². The zero-order valence-corrected chi connectivity index (χ0v) is 13.6. The maximum Gasteiger partial charge on any atom is 0.255 e. The molecule has 0 fully saturated rings. The molecule has 0 atom stereocenters. The van der Waals surface area contributed by atoms with Gasteiger partial charge in [0.15, 0.2) is 0 Å². The summed E-state index contributed by atoms with van der Waals surface area (Å²) in [5.74, 6) is -0.235. The maximum atomic E-state index is 12.6. The van der Waals surface area contributed by atoms with Crippen molar-refractivity contribution in [2.75, 3.05) is 26.8 Å². The highest BCUT2D eigenvalue weighted by Gasteiger charge is 2.25. The van der Waals surface area contributed by atoms with Crippen molar-refractivity contribution in [2.45, 2.75) is 19.5 Å². The second-order valence-corrected chi connectivity index (χ2v) is 5.66. The summed E-state index contributed by atoms with van der Waals surface area (Å²) in [6.07, 6.45) is 5.78. The van der Waals surface area contributed by atoms with E-state index in [0.29, 0.717) is 43.9 Å². The van der Waals surface area contributed by atoms with Crippen LogP contribution in [0.25, 0.3) is 0 Å². The molecule has 0 bridgehead atoms. The van der Waals surface area contributed by atoms with E-state index in [1.54, 1.807) is 36.7 Å². The van der Waals surface area contributed by atoms with Crippen LogP contribution in [0.3, 0.4) is 0 Å².